The lowest BCUT2D eigenvalue weighted by atomic mass is 10.2. The molecule has 0 saturated carbocycles. The van der Waals surface area contributed by atoms with Crippen LogP contribution in [0.5, 0.6) is 0 Å². The van der Waals surface area contributed by atoms with Crippen molar-refractivity contribution < 1.29 is 13.2 Å². The third kappa shape index (κ3) is 3.64. The number of halogens is 3. The molecule has 0 radical (unpaired) electrons. The van der Waals surface area contributed by atoms with Crippen LogP contribution in [-0.4, -0.2) is 10.2 Å². The number of nitrogens with zero attached hydrogens (tertiary/aromatic N) is 2. The number of thioether (sulfide) groups is 1. The van der Waals surface area contributed by atoms with Gasteiger partial charge in [-0.2, -0.15) is 18.4 Å². The smallest absolute Gasteiger partial charge is 0.236 e. The van der Waals surface area contributed by atoms with Gasteiger partial charge >= 0.3 is 6.18 Å². The third-order valence-corrected chi connectivity index (χ3v) is 3.96. The first kappa shape index (κ1) is 14.8. The molecule has 0 aliphatic heterocycles. The monoisotopic (exact) mass is 274 g/mol. The molecule has 6 heteroatoms. The molecule has 1 rings (SSSR count). The van der Waals surface area contributed by atoms with Gasteiger partial charge in [0.05, 0.1) is 5.56 Å². The van der Waals surface area contributed by atoms with Gasteiger partial charge < -0.3 is 0 Å². The van der Waals surface area contributed by atoms with Gasteiger partial charge in [0.15, 0.2) is 0 Å². The lowest BCUT2D eigenvalue weighted by Crippen LogP contribution is -2.11. The molecular formula is C12H13F3N2S. The molecule has 2 nitrogen and oxygen atoms in total. The highest BCUT2D eigenvalue weighted by Crippen LogP contribution is 2.33. The van der Waals surface area contributed by atoms with Gasteiger partial charge in [0, 0.05) is 5.25 Å². The zero-order valence-corrected chi connectivity index (χ0v) is 11.1. The summed E-state index contributed by atoms with van der Waals surface area (Å²) in [7, 11) is 0. The maximum atomic E-state index is 12.5. The molecule has 0 aliphatic carbocycles. The van der Waals surface area contributed by atoms with E-state index in [1.807, 2.05) is 26.8 Å². The van der Waals surface area contributed by atoms with Crippen LogP contribution in [0.2, 0.25) is 0 Å². The maximum absolute atomic E-state index is 12.5. The summed E-state index contributed by atoms with van der Waals surface area (Å²) < 4.78 is 37.6. The van der Waals surface area contributed by atoms with E-state index in [0.29, 0.717) is 0 Å². The summed E-state index contributed by atoms with van der Waals surface area (Å²) in [6.45, 7) is 5.84. The summed E-state index contributed by atoms with van der Waals surface area (Å²) in [5.74, 6) is 0.290. The minimum atomic E-state index is -4.48. The molecule has 0 aromatic carbocycles. The SMILES string of the molecule is CC(C)C(C)Sc1nc(C(F)(F)F)ccc1C#N. The molecule has 0 aliphatic rings. The topological polar surface area (TPSA) is 36.7 Å². The number of pyridine rings is 1. The first-order chi connectivity index (χ1) is 8.25. The number of alkyl halides is 3. The van der Waals surface area contributed by atoms with E-state index in [4.69, 9.17) is 5.26 Å². The standard InChI is InChI=1S/C12H13F3N2S/c1-7(2)8(3)18-11-9(6-16)4-5-10(17-11)12(13,14)15/h4-5,7-8H,1-3H3. The van der Waals surface area contributed by atoms with Gasteiger partial charge in [-0.1, -0.05) is 20.8 Å². The Morgan fingerprint density at radius 2 is 1.89 bits per heavy atom. The lowest BCUT2D eigenvalue weighted by Gasteiger charge is -2.16. The fourth-order valence-corrected chi connectivity index (χ4v) is 2.10. The number of hydrogen-bond donors (Lipinski definition) is 0. The van der Waals surface area contributed by atoms with Gasteiger partial charge in [0.2, 0.25) is 0 Å². The van der Waals surface area contributed by atoms with Crippen molar-refractivity contribution in [1.82, 2.24) is 4.98 Å². The summed E-state index contributed by atoms with van der Waals surface area (Å²) in [4.78, 5) is 3.55. The predicted molar refractivity (Wildman–Crippen MR) is 64.1 cm³/mol. The van der Waals surface area contributed by atoms with E-state index in [-0.39, 0.29) is 21.8 Å². The Bertz CT molecular complexity index is 463. The summed E-state index contributed by atoms with van der Waals surface area (Å²) >= 11 is 1.20. The van der Waals surface area contributed by atoms with Crippen molar-refractivity contribution in [3.63, 3.8) is 0 Å². The van der Waals surface area contributed by atoms with E-state index < -0.39 is 11.9 Å². The van der Waals surface area contributed by atoms with E-state index in [1.165, 1.54) is 17.8 Å². The molecular weight excluding hydrogens is 261 g/mol. The van der Waals surface area contributed by atoms with Gasteiger partial charge in [-0.25, -0.2) is 4.98 Å². The third-order valence-electron chi connectivity index (χ3n) is 2.51. The Kier molecular flexibility index (Phi) is 4.63. The number of rotatable bonds is 3. The summed E-state index contributed by atoms with van der Waals surface area (Å²) in [6, 6.07) is 3.88. The summed E-state index contributed by atoms with van der Waals surface area (Å²) in [6.07, 6.45) is -4.48. The highest BCUT2D eigenvalue weighted by molar-refractivity contribution is 7.99. The first-order valence-corrected chi connectivity index (χ1v) is 6.28. The van der Waals surface area contributed by atoms with Crippen molar-refractivity contribution in [3.05, 3.63) is 23.4 Å². The van der Waals surface area contributed by atoms with Crippen LogP contribution in [0.15, 0.2) is 17.2 Å². The van der Waals surface area contributed by atoms with Gasteiger partial charge in [-0.15, -0.1) is 11.8 Å². The van der Waals surface area contributed by atoms with Crippen molar-refractivity contribution in [2.45, 2.75) is 37.2 Å². The van der Waals surface area contributed by atoms with E-state index in [0.717, 1.165) is 6.07 Å². The molecule has 0 bridgehead atoms. The van der Waals surface area contributed by atoms with Gasteiger partial charge in [0.25, 0.3) is 0 Å². The van der Waals surface area contributed by atoms with Crippen molar-refractivity contribution in [2.24, 2.45) is 5.92 Å². The molecule has 0 fully saturated rings. The lowest BCUT2D eigenvalue weighted by molar-refractivity contribution is -0.141. The fraction of sp³-hybridized carbons (Fsp3) is 0.500. The average Bonchev–Trinajstić information content (AvgIpc) is 2.27. The summed E-state index contributed by atoms with van der Waals surface area (Å²) in [5.41, 5.74) is -0.777. The molecule has 1 aromatic rings. The zero-order valence-electron chi connectivity index (χ0n) is 10.2. The molecule has 0 N–H and O–H groups in total. The minimum Gasteiger partial charge on any atom is -0.236 e. The molecule has 0 saturated heterocycles. The van der Waals surface area contributed by atoms with Gasteiger partial charge in [-0.3, -0.25) is 0 Å². The van der Waals surface area contributed by atoms with Crippen LogP contribution >= 0.6 is 11.8 Å². The molecule has 18 heavy (non-hydrogen) atoms. The largest absolute Gasteiger partial charge is 0.433 e. The Labute approximate surface area is 108 Å². The Morgan fingerprint density at radius 3 is 2.33 bits per heavy atom. The molecule has 1 heterocycles. The normalized spacial score (nSPS) is 13.4. The van der Waals surface area contributed by atoms with Crippen LogP contribution in [0, 0.1) is 17.2 Å². The van der Waals surface area contributed by atoms with Crippen molar-refractivity contribution in [1.29, 1.82) is 5.26 Å². The van der Waals surface area contributed by atoms with Crippen LogP contribution in [0.25, 0.3) is 0 Å². The Balaban J connectivity index is 3.12. The molecule has 98 valence electrons. The Hall–Kier alpha value is -1.22. The molecule has 0 amide bonds. The molecule has 0 spiro atoms. The second kappa shape index (κ2) is 5.61. The number of nitriles is 1. The van der Waals surface area contributed by atoms with Crippen LogP contribution < -0.4 is 0 Å². The van der Waals surface area contributed by atoms with Crippen LogP contribution in [0.4, 0.5) is 13.2 Å². The van der Waals surface area contributed by atoms with Gasteiger partial charge in [0.1, 0.15) is 16.8 Å². The van der Waals surface area contributed by atoms with Crippen LogP contribution in [-0.2, 0) is 6.18 Å². The fourth-order valence-electron chi connectivity index (χ4n) is 1.09. The second-order valence-corrected chi connectivity index (χ2v) is 5.59. The quantitative estimate of drug-likeness (QED) is 0.778. The van der Waals surface area contributed by atoms with Crippen molar-refractivity contribution >= 4 is 11.8 Å². The van der Waals surface area contributed by atoms with E-state index in [2.05, 4.69) is 4.98 Å². The first-order valence-electron chi connectivity index (χ1n) is 5.40. The van der Waals surface area contributed by atoms with E-state index in [9.17, 15) is 13.2 Å². The van der Waals surface area contributed by atoms with E-state index >= 15 is 0 Å². The molecule has 1 atom stereocenters. The average molecular weight is 274 g/mol. The molecule has 1 unspecified atom stereocenters. The second-order valence-electron chi connectivity index (χ2n) is 4.23. The van der Waals surface area contributed by atoms with Crippen molar-refractivity contribution in [3.8, 4) is 6.07 Å². The van der Waals surface area contributed by atoms with Crippen molar-refractivity contribution in [2.75, 3.05) is 0 Å². The summed E-state index contributed by atoms with van der Waals surface area (Å²) in [5, 5.41) is 9.12. The zero-order chi connectivity index (χ0) is 13.9. The highest BCUT2D eigenvalue weighted by atomic mass is 32.2. The van der Waals surface area contributed by atoms with Gasteiger partial charge in [-0.05, 0) is 18.1 Å². The minimum absolute atomic E-state index is 0.0908. The number of aromatic nitrogens is 1. The highest BCUT2D eigenvalue weighted by Gasteiger charge is 2.33. The van der Waals surface area contributed by atoms with E-state index in [1.54, 1.807) is 0 Å². The number of hydrogen-bond acceptors (Lipinski definition) is 3. The molecule has 1 aromatic heterocycles. The maximum Gasteiger partial charge on any atom is 0.433 e. The van der Waals surface area contributed by atoms with Crippen LogP contribution in [0.3, 0.4) is 0 Å². The Morgan fingerprint density at radius 1 is 1.28 bits per heavy atom. The predicted octanol–water partition coefficient (Wildman–Crippen LogP) is 4.11. The van der Waals surface area contributed by atoms with Crippen LogP contribution in [0.1, 0.15) is 32.0 Å².